The Morgan fingerprint density at radius 1 is 1.26 bits per heavy atom. The highest BCUT2D eigenvalue weighted by atomic mass is 16.6. The number of hydrogen-bond acceptors (Lipinski definition) is 4. The molecule has 0 atom stereocenters. The summed E-state index contributed by atoms with van der Waals surface area (Å²) in [6.07, 6.45) is 1.65. The lowest BCUT2D eigenvalue weighted by atomic mass is 10.1. The van der Waals surface area contributed by atoms with Crippen molar-refractivity contribution >= 4 is 11.4 Å². The maximum Gasteiger partial charge on any atom is 0.292 e. The number of hydrogen-bond donors (Lipinski definition) is 1. The van der Waals surface area contributed by atoms with Gasteiger partial charge in [0.15, 0.2) is 0 Å². The largest absolute Gasteiger partial charge is 0.382 e. The second kappa shape index (κ2) is 5.34. The quantitative estimate of drug-likeness (QED) is 0.671. The van der Waals surface area contributed by atoms with Crippen LogP contribution in [0.3, 0.4) is 0 Å². The van der Waals surface area contributed by atoms with Crippen LogP contribution < -0.4 is 10.9 Å². The van der Waals surface area contributed by atoms with Crippen LogP contribution in [-0.2, 0) is 6.54 Å². The molecule has 0 bridgehead atoms. The summed E-state index contributed by atoms with van der Waals surface area (Å²) in [6.45, 7) is 0.289. The van der Waals surface area contributed by atoms with Gasteiger partial charge in [0, 0.05) is 30.9 Å². The number of anilines is 1. The standard InChI is InChI=1S/C13H13N3O3/c1-14-13-10(5-4-6-11(13)16(18)19)9-15-8-3-2-7-12(15)17/h2-8,14H,9H2,1H3. The van der Waals surface area contributed by atoms with Gasteiger partial charge in [-0.3, -0.25) is 14.9 Å². The Bertz CT molecular complexity index is 664. The molecule has 2 aromatic rings. The van der Waals surface area contributed by atoms with Gasteiger partial charge < -0.3 is 9.88 Å². The smallest absolute Gasteiger partial charge is 0.292 e. The Morgan fingerprint density at radius 2 is 2.05 bits per heavy atom. The Labute approximate surface area is 109 Å². The molecule has 0 saturated heterocycles. The summed E-state index contributed by atoms with van der Waals surface area (Å²) in [5.41, 5.74) is 0.994. The molecule has 0 radical (unpaired) electrons. The maximum atomic E-state index is 11.7. The van der Waals surface area contributed by atoms with Crippen LogP contribution in [0.1, 0.15) is 5.56 Å². The molecular formula is C13H13N3O3. The molecule has 19 heavy (non-hydrogen) atoms. The van der Waals surface area contributed by atoms with Gasteiger partial charge >= 0.3 is 0 Å². The van der Waals surface area contributed by atoms with Crippen LogP contribution in [0.25, 0.3) is 0 Å². The molecule has 98 valence electrons. The molecule has 0 amide bonds. The van der Waals surface area contributed by atoms with Gasteiger partial charge in [0.05, 0.1) is 11.5 Å². The normalized spacial score (nSPS) is 10.2. The van der Waals surface area contributed by atoms with Gasteiger partial charge in [-0.05, 0) is 6.07 Å². The van der Waals surface area contributed by atoms with Crippen molar-refractivity contribution in [3.8, 4) is 0 Å². The van der Waals surface area contributed by atoms with Crippen LogP contribution in [0.4, 0.5) is 11.4 Å². The highest BCUT2D eigenvalue weighted by molar-refractivity contribution is 5.66. The van der Waals surface area contributed by atoms with E-state index in [2.05, 4.69) is 5.32 Å². The number of rotatable bonds is 4. The van der Waals surface area contributed by atoms with Gasteiger partial charge in [-0.15, -0.1) is 0 Å². The third-order valence-corrected chi connectivity index (χ3v) is 2.82. The van der Waals surface area contributed by atoms with Gasteiger partial charge in [-0.25, -0.2) is 0 Å². The first kappa shape index (κ1) is 12.8. The fraction of sp³-hybridized carbons (Fsp3) is 0.154. The number of aromatic nitrogens is 1. The van der Waals surface area contributed by atoms with Gasteiger partial charge in [0.25, 0.3) is 11.2 Å². The van der Waals surface area contributed by atoms with E-state index in [4.69, 9.17) is 0 Å². The fourth-order valence-electron chi connectivity index (χ4n) is 1.93. The van der Waals surface area contributed by atoms with E-state index in [1.807, 2.05) is 0 Å². The van der Waals surface area contributed by atoms with E-state index in [0.29, 0.717) is 11.3 Å². The van der Waals surface area contributed by atoms with Crippen molar-refractivity contribution in [2.45, 2.75) is 6.54 Å². The second-order valence-corrected chi connectivity index (χ2v) is 3.99. The second-order valence-electron chi connectivity index (χ2n) is 3.99. The van der Waals surface area contributed by atoms with E-state index < -0.39 is 4.92 Å². The molecule has 0 aliphatic rings. The first-order chi connectivity index (χ1) is 9.13. The number of pyridine rings is 1. The van der Waals surface area contributed by atoms with Crippen LogP contribution in [0.2, 0.25) is 0 Å². The van der Waals surface area contributed by atoms with Crippen LogP contribution in [0.15, 0.2) is 47.4 Å². The maximum absolute atomic E-state index is 11.7. The first-order valence-corrected chi connectivity index (χ1v) is 5.73. The number of nitro groups is 1. The summed E-state index contributed by atoms with van der Waals surface area (Å²) in [5.74, 6) is 0. The molecule has 1 aromatic carbocycles. The summed E-state index contributed by atoms with van der Waals surface area (Å²) >= 11 is 0. The van der Waals surface area contributed by atoms with E-state index >= 15 is 0 Å². The third-order valence-electron chi connectivity index (χ3n) is 2.82. The van der Waals surface area contributed by atoms with E-state index in [0.717, 1.165) is 0 Å². The van der Waals surface area contributed by atoms with Gasteiger partial charge in [-0.2, -0.15) is 0 Å². The van der Waals surface area contributed by atoms with Crippen LogP contribution in [0, 0.1) is 10.1 Å². The third kappa shape index (κ3) is 2.62. The zero-order valence-electron chi connectivity index (χ0n) is 10.4. The summed E-state index contributed by atoms with van der Waals surface area (Å²) in [7, 11) is 1.62. The molecule has 0 aliphatic carbocycles. The number of para-hydroxylation sites is 1. The lowest BCUT2D eigenvalue weighted by Crippen LogP contribution is -2.19. The minimum atomic E-state index is -0.441. The highest BCUT2D eigenvalue weighted by Gasteiger charge is 2.16. The van der Waals surface area contributed by atoms with Crippen molar-refractivity contribution in [2.24, 2.45) is 0 Å². The molecule has 6 heteroatoms. The average molecular weight is 259 g/mol. The molecular weight excluding hydrogens is 246 g/mol. The SMILES string of the molecule is CNc1c(Cn2ccccc2=O)cccc1[N+](=O)[O-]. The molecule has 6 nitrogen and oxygen atoms in total. The minimum Gasteiger partial charge on any atom is -0.382 e. The zero-order chi connectivity index (χ0) is 13.8. The van der Waals surface area contributed by atoms with Gasteiger partial charge in [0.1, 0.15) is 5.69 Å². The monoisotopic (exact) mass is 259 g/mol. The van der Waals surface area contributed by atoms with Crippen molar-refractivity contribution in [3.05, 3.63) is 68.6 Å². The lowest BCUT2D eigenvalue weighted by molar-refractivity contribution is -0.384. The van der Waals surface area contributed by atoms with Crippen molar-refractivity contribution in [2.75, 3.05) is 12.4 Å². The summed E-state index contributed by atoms with van der Waals surface area (Å²) in [5, 5.41) is 13.8. The molecule has 0 aliphatic heterocycles. The Morgan fingerprint density at radius 3 is 2.68 bits per heavy atom. The Hall–Kier alpha value is -2.63. The van der Waals surface area contributed by atoms with Crippen LogP contribution in [-0.4, -0.2) is 16.5 Å². The van der Waals surface area contributed by atoms with Gasteiger partial charge in [0.2, 0.25) is 0 Å². The summed E-state index contributed by atoms with van der Waals surface area (Å²) < 4.78 is 1.50. The van der Waals surface area contributed by atoms with E-state index in [1.54, 1.807) is 37.5 Å². The summed E-state index contributed by atoms with van der Waals surface area (Å²) in [6, 6.07) is 9.67. The van der Waals surface area contributed by atoms with Crippen molar-refractivity contribution < 1.29 is 4.92 Å². The molecule has 0 unspecified atom stereocenters. The molecule has 1 aromatic heterocycles. The highest BCUT2D eigenvalue weighted by Crippen LogP contribution is 2.28. The van der Waals surface area contributed by atoms with Crippen molar-refractivity contribution in [1.29, 1.82) is 0 Å². The number of benzene rings is 1. The molecule has 1 heterocycles. The first-order valence-electron chi connectivity index (χ1n) is 5.73. The van der Waals surface area contributed by atoms with E-state index in [1.165, 1.54) is 16.7 Å². The molecule has 2 rings (SSSR count). The molecule has 1 N–H and O–H groups in total. The van der Waals surface area contributed by atoms with Crippen molar-refractivity contribution in [1.82, 2.24) is 4.57 Å². The summed E-state index contributed by atoms with van der Waals surface area (Å²) in [4.78, 5) is 22.2. The number of nitro benzene ring substituents is 1. The average Bonchev–Trinajstić information content (AvgIpc) is 2.41. The van der Waals surface area contributed by atoms with Crippen LogP contribution in [0.5, 0.6) is 0 Å². The van der Waals surface area contributed by atoms with Gasteiger partial charge in [-0.1, -0.05) is 18.2 Å². The van der Waals surface area contributed by atoms with Crippen molar-refractivity contribution in [3.63, 3.8) is 0 Å². The lowest BCUT2D eigenvalue weighted by Gasteiger charge is -2.10. The number of nitrogens with zero attached hydrogens (tertiary/aromatic N) is 2. The fourth-order valence-corrected chi connectivity index (χ4v) is 1.93. The number of nitrogens with one attached hydrogen (secondary N) is 1. The molecule has 0 spiro atoms. The van der Waals surface area contributed by atoms with Crippen LogP contribution >= 0.6 is 0 Å². The predicted molar refractivity (Wildman–Crippen MR) is 72.4 cm³/mol. The zero-order valence-corrected chi connectivity index (χ0v) is 10.4. The topological polar surface area (TPSA) is 77.2 Å². The molecule has 0 saturated carbocycles. The van der Waals surface area contributed by atoms with E-state index in [-0.39, 0.29) is 17.8 Å². The minimum absolute atomic E-state index is 0.00369. The Balaban J connectivity index is 2.46. The van der Waals surface area contributed by atoms with E-state index in [9.17, 15) is 14.9 Å². The molecule has 0 fully saturated rings. The predicted octanol–water partition coefficient (Wildman–Crippen LogP) is 1.85. The Kier molecular flexibility index (Phi) is 3.61.